The highest BCUT2D eigenvalue weighted by Gasteiger charge is 2.43. The molecule has 0 unspecified atom stereocenters. The van der Waals surface area contributed by atoms with Crippen LogP contribution in [-0.2, 0) is 24.5 Å². The molecule has 0 radical (unpaired) electrons. The minimum Gasteiger partial charge on any atom is -0.469 e. The van der Waals surface area contributed by atoms with Crippen LogP contribution in [0.1, 0.15) is 49.7 Å². The van der Waals surface area contributed by atoms with Crippen LogP contribution in [0.4, 0.5) is 0 Å². The molecule has 0 fully saturated rings. The van der Waals surface area contributed by atoms with Crippen LogP contribution in [0.2, 0.25) is 0 Å². The second-order valence-electron chi connectivity index (χ2n) is 12.6. The molecular weight excluding hydrogens is 580 g/mol. The monoisotopic (exact) mass is 618 g/mol. The van der Waals surface area contributed by atoms with Gasteiger partial charge in [-0.15, -0.1) is 0 Å². The van der Waals surface area contributed by atoms with Crippen molar-refractivity contribution in [2.75, 3.05) is 14.2 Å². The Labute approximate surface area is 276 Å². The average molecular weight is 619 g/mol. The summed E-state index contributed by atoms with van der Waals surface area (Å²) in [6, 6.07) is 43.8. The van der Waals surface area contributed by atoms with Crippen LogP contribution in [0.15, 0.2) is 121 Å². The first-order valence-electron chi connectivity index (χ1n) is 16.4. The largest absolute Gasteiger partial charge is 0.469 e. The zero-order valence-electron chi connectivity index (χ0n) is 26.9. The number of esters is 2. The maximum atomic E-state index is 12.3. The van der Waals surface area contributed by atoms with Gasteiger partial charge in [-0.3, -0.25) is 9.59 Å². The zero-order chi connectivity index (χ0) is 32.4. The highest BCUT2D eigenvalue weighted by molar-refractivity contribution is 5.91. The van der Waals surface area contributed by atoms with Crippen LogP contribution >= 0.6 is 0 Å². The number of benzene rings is 6. The Morgan fingerprint density at radius 2 is 0.872 bits per heavy atom. The molecule has 7 rings (SSSR count). The second kappa shape index (κ2) is 12.9. The number of hydrogen-bond acceptors (Lipinski definition) is 4. The van der Waals surface area contributed by atoms with Gasteiger partial charge in [0.2, 0.25) is 0 Å². The van der Waals surface area contributed by atoms with Gasteiger partial charge >= 0.3 is 11.9 Å². The van der Waals surface area contributed by atoms with Gasteiger partial charge in [0.25, 0.3) is 0 Å². The Hall–Kier alpha value is -5.22. The first-order chi connectivity index (χ1) is 23.0. The van der Waals surface area contributed by atoms with Gasteiger partial charge in [-0.25, -0.2) is 0 Å². The third-order valence-corrected chi connectivity index (χ3v) is 9.95. The summed E-state index contributed by atoms with van der Waals surface area (Å²) >= 11 is 0. The molecule has 0 heterocycles. The number of hydrogen-bond donors (Lipinski definition) is 0. The van der Waals surface area contributed by atoms with Gasteiger partial charge in [0.1, 0.15) is 0 Å². The lowest BCUT2D eigenvalue weighted by molar-refractivity contribution is -0.141. The number of ether oxygens (including phenoxy) is 2. The van der Waals surface area contributed by atoms with E-state index < -0.39 is 5.41 Å². The van der Waals surface area contributed by atoms with Gasteiger partial charge in [-0.05, 0) is 116 Å². The number of methoxy groups -OCH3 is 2. The second-order valence-corrected chi connectivity index (χ2v) is 12.6. The third kappa shape index (κ3) is 5.81. The highest BCUT2D eigenvalue weighted by Crippen LogP contribution is 2.55. The number of carbonyl (C=O) groups excluding carboxylic acids is 2. The smallest absolute Gasteiger partial charge is 0.305 e. The Kier molecular flexibility index (Phi) is 8.34. The topological polar surface area (TPSA) is 52.6 Å². The minimum absolute atomic E-state index is 0.206. The molecule has 47 heavy (non-hydrogen) atoms. The van der Waals surface area contributed by atoms with Crippen molar-refractivity contribution >= 4 is 33.5 Å². The van der Waals surface area contributed by atoms with E-state index in [0.717, 1.165) is 35.1 Å². The van der Waals surface area contributed by atoms with Crippen molar-refractivity contribution in [3.63, 3.8) is 0 Å². The molecule has 6 aromatic carbocycles. The predicted octanol–water partition coefficient (Wildman–Crippen LogP) is 10.3. The van der Waals surface area contributed by atoms with Crippen molar-refractivity contribution in [2.45, 2.75) is 43.9 Å². The molecule has 0 aliphatic heterocycles. The van der Waals surface area contributed by atoms with E-state index >= 15 is 0 Å². The summed E-state index contributed by atoms with van der Waals surface area (Å²) in [5.74, 6) is -0.411. The fourth-order valence-electron chi connectivity index (χ4n) is 7.53. The van der Waals surface area contributed by atoms with Gasteiger partial charge in [0.05, 0.1) is 14.2 Å². The normalized spacial score (nSPS) is 12.9. The summed E-state index contributed by atoms with van der Waals surface area (Å²) < 4.78 is 10.1. The maximum Gasteiger partial charge on any atom is 0.305 e. The summed E-state index contributed by atoms with van der Waals surface area (Å²) in [6.07, 6.45) is 3.54. The van der Waals surface area contributed by atoms with E-state index in [-0.39, 0.29) is 11.9 Å². The Balaban J connectivity index is 1.38. The molecule has 0 atom stereocenters. The standard InChI is InChI=1S/C43H38O4/c1-46-41(44)13-7-23-43(24-8-14-42(45)47-2)39-27-35(33-17-15-29-9-3-5-11-31(29)25-33)19-21-37(39)38-22-20-36(28-40(38)43)34-18-16-30-10-4-6-12-32(30)26-34/h3-6,9-12,15-22,25-28H,7-8,13-14,23-24H2,1-2H3. The molecule has 6 aromatic rings. The molecule has 0 N–H and O–H groups in total. The number of rotatable bonds is 10. The predicted molar refractivity (Wildman–Crippen MR) is 190 cm³/mol. The molecule has 0 aromatic heterocycles. The average Bonchev–Trinajstić information content (AvgIpc) is 3.39. The van der Waals surface area contributed by atoms with Crippen molar-refractivity contribution in [1.29, 1.82) is 0 Å². The lowest BCUT2D eigenvalue weighted by atomic mass is 9.70. The Bertz CT molecular complexity index is 1970. The van der Waals surface area contributed by atoms with Crippen LogP contribution in [-0.4, -0.2) is 26.2 Å². The fraction of sp³-hybridized carbons (Fsp3) is 0.209. The van der Waals surface area contributed by atoms with E-state index in [1.165, 1.54) is 58.0 Å². The van der Waals surface area contributed by atoms with Gasteiger partial charge < -0.3 is 9.47 Å². The lowest BCUT2D eigenvalue weighted by Gasteiger charge is -2.33. The summed E-state index contributed by atoms with van der Waals surface area (Å²) in [5, 5.41) is 4.84. The summed E-state index contributed by atoms with van der Waals surface area (Å²) in [5.41, 5.74) is 9.18. The third-order valence-electron chi connectivity index (χ3n) is 9.95. The zero-order valence-corrected chi connectivity index (χ0v) is 26.9. The van der Waals surface area contributed by atoms with Crippen LogP contribution in [0.25, 0.3) is 54.9 Å². The molecule has 1 aliphatic carbocycles. The minimum atomic E-state index is -0.396. The molecule has 0 saturated heterocycles. The molecule has 0 amide bonds. The molecule has 4 nitrogen and oxygen atoms in total. The van der Waals surface area contributed by atoms with E-state index in [9.17, 15) is 9.59 Å². The van der Waals surface area contributed by atoms with E-state index in [0.29, 0.717) is 25.7 Å². The maximum absolute atomic E-state index is 12.3. The van der Waals surface area contributed by atoms with E-state index in [1.807, 2.05) is 0 Å². The summed E-state index contributed by atoms with van der Waals surface area (Å²) in [6.45, 7) is 0. The molecule has 0 spiro atoms. The quantitative estimate of drug-likeness (QED) is 0.143. The summed E-state index contributed by atoms with van der Waals surface area (Å²) in [4.78, 5) is 24.7. The van der Waals surface area contributed by atoms with Crippen LogP contribution in [0, 0.1) is 0 Å². The molecule has 0 saturated carbocycles. The fourth-order valence-corrected chi connectivity index (χ4v) is 7.53. The molecule has 0 bridgehead atoms. The molecular formula is C43H38O4. The van der Waals surface area contributed by atoms with E-state index in [4.69, 9.17) is 9.47 Å². The lowest BCUT2D eigenvalue weighted by Crippen LogP contribution is -2.26. The van der Waals surface area contributed by atoms with Crippen molar-refractivity contribution in [1.82, 2.24) is 0 Å². The van der Waals surface area contributed by atoms with Gasteiger partial charge in [0.15, 0.2) is 0 Å². The van der Waals surface area contributed by atoms with Gasteiger partial charge in [-0.1, -0.05) is 97.1 Å². The first kappa shape index (κ1) is 30.4. The number of carbonyl (C=O) groups is 2. The van der Waals surface area contributed by atoms with E-state index in [1.54, 1.807) is 0 Å². The van der Waals surface area contributed by atoms with Crippen molar-refractivity contribution in [3.05, 3.63) is 132 Å². The van der Waals surface area contributed by atoms with Crippen LogP contribution in [0.3, 0.4) is 0 Å². The van der Waals surface area contributed by atoms with Gasteiger partial charge in [0, 0.05) is 18.3 Å². The van der Waals surface area contributed by atoms with Crippen LogP contribution < -0.4 is 0 Å². The molecule has 1 aliphatic rings. The SMILES string of the molecule is COC(=O)CCCC1(CCCC(=O)OC)c2cc(-c3ccc4ccccc4c3)ccc2-c2ccc(-c3ccc4ccccc4c3)cc21. The highest BCUT2D eigenvalue weighted by atomic mass is 16.5. The number of fused-ring (bicyclic) bond motifs is 5. The van der Waals surface area contributed by atoms with Crippen molar-refractivity contribution < 1.29 is 19.1 Å². The molecule has 234 valence electrons. The Morgan fingerprint density at radius 1 is 0.489 bits per heavy atom. The first-order valence-corrected chi connectivity index (χ1v) is 16.4. The van der Waals surface area contributed by atoms with E-state index in [2.05, 4.69) is 121 Å². The van der Waals surface area contributed by atoms with Crippen molar-refractivity contribution in [3.8, 4) is 33.4 Å². The summed E-state index contributed by atoms with van der Waals surface area (Å²) in [7, 11) is 2.89. The Morgan fingerprint density at radius 3 is 1.30 bits per heavy atom. The van der Waals surface area contributed by atoms with Crippen LogP contribution in [0.5, 0.6) is 0 Å². The molecule has 4 heteroatoms. The van der Waals surface area contributed by atoms with Crippen molar-refractivity contribution in [2.24, 2.45) is 0 Å². The van der Waals surface area contributed by atoms with Gasteiger partial charge in [-0.2, -0.15) is 0 Å².